The topological polar surface area (TPSA) is 4.93 Å². The van der Waals surface area contributed by atoms with Crippen molar-refractivity contribution in [1.29, 1.82) is 0 Å². The van der Waals surface area contributed by atoms with E-state index in [2.05, 4.69) is 144 Å². The van der Waals surface area contributed by atoms with E-state index in [9.17, 15) is 0 Å². The van der Waals surface area contributed by atoms with Crippen LogP contribution in [0.15, 0.2) is 162 Å². The highest BCUT2D eigenvalue weighted by Crippen LogP contribution is 2.47. The van der Waals surface area contributed by atoms with Gasteiger partial charge in [0.2, 0.25) is 0 Å². The summed E-state index contributed by atoms with van der Waals surface area (Å²) in [5.41, 5.74) is 8.78. The number of aromatic nitrogens is 1. The molecule has 0 saturated carbocycles. The molecule has 0 N–H and O–H groups in total. The van der Waals surface area contributed by atoms with Crippen molar-refractivity contribution in [3.05, 3.63) is 162 Å². The van der Waals surface area contributed by atoms with E-state index < -0.39 is 7.92 Å². The summed E-state index contributed by atoms with van der Waals surface area (Å²) in [6.45, 7) is 0. The second-order valence-corrected chi connectivity index (χ2v) is 14.8. The first-order chi connectivity index (χ1) is 22.3. The normalized spacial score (nSPS) is 18.9. The Hall–Kier alpha value is -4.19. The first kappa shape index (κ1) is 28.3. The van der Waals surface area contributed by atoms with Gasteiger partial charge in [0.15, 0.2) is 0 Å². The van der Waals surface area contributed by atoms with Crippen LogP contribution in [0.4, 0.5) is 0 Å². The lowest BCUT2D eigenvalue weighted by molar-refractivity contribution is 0.680. The molecule has 0 fully saturated rings. The molecule has 3 aromatic carbocycles. The molecule has 2 heteroatoms. The molecule has 1 nitrogen and oxygen atoms in total. The molecule has 0 aliphatic heterocycles. The molecule has 0 saturated heterocycles. The van der Waals surface area contributed by atoms with Gasteiger partial charge in [-0.25, -0.2) is 0 Å². The fourth-order valence-corrected chi connectivity index (χ4v) is 10.1. The number of nitrogens with zero attached hydrogens (tertiary/aromatic N) is 1. The quantitative estimate of drug-likeness (QED) is 0.186. The van der Waals surface area contributed by atoms with Gasteiger partial charge in [-0.05, 0) is 99.5 Å². The Balaban J connectivity index is 1.22. The number of para-hydroxylation sites is 1. The molecule has 0 bridgehead atoms. The summed E-state index contributed by atoms with van der Waals surface area (Å²) >= 11 is 0. The van der Waals surface area contributed by atoms with Gasteiger partial charge in [-0.3, -0.25) is 0 Å². The zero-order valence-corrected chi connectivity index (χ0v) is 26.8. The third-order valence-corrected chi connectivity index (χ3v) is 12.3. The minimum atomic E-state index is -0.609. The van der Waals surface area contributed by atoms with E-state index in [1.54, 1.807) is 16.7 Å². The maximum atomic E-state index is 2.55. The first-order valence-corrected chi connectivity index (χ1v) is 18.1. The predicted molar refractivity (Wildman–Crippen MR) is 197 cm³/mol. The van der Waals surface area contributed by atoms with Crippen molar-refractivity contribution < 1.29 is 0 Å². The second-order valence-electron chi connectivity index (χ2n) is 12.6. The number of hydrogen-bond donors (Lipinski definition) is 0. The fraction of sp³-hybridized carbons (Fsp3) is 0.209. The highest BCUT2D eigenvalue weighted by molar-refractivity contribution is 7.77. The van der Waals surface area contributed by atoms with E-state index in [4.69, 9.17) is 0 Å². The van der Waals surface area contributed by atoms with Gasteiger partial charge < -0.3 is 4.57 Å². The highest BCUT2D eigenvalue weighted by Gasteiger charge is 2.26. The van der Waals surface area contributed by atoms with Crippen molar-refractivity contribution in [3.63, 3.8) is 0 Å². The van der Waals surface area contributed by atoms with Crippen molar-refractivity contribution in [3.8, 4) is 0 Å². The molecule has 0 spiro atoms. The Kier molecular flexibility index (Phi) is 7.96. The van der Waals surface area contributed by atoms with Crippen molar-refractivity contribution >= 4 is 46.0 Å². The number of benzene rings is 3. The number of hydrogen-bond acceptors (Lipinski definition) is 0. The zero-order valence-electron chi connectivity index (χ0n) is 25.9. The summed E-state index contributed by atoms with van der Waals surface area (Å²) in [7, 11) is -0.609. The van der Waals surface area contributed by atoms with Crippen molar-refractivity contribution in [2.24, 2.45) is 5.92 Å². The Labute approximate surface area is 268 Å². The summed E-state index contributed by atoms with van der Waals surface area (Å²) in [4.78, 5) is 0. The third-order valence-electron chi connectivity index (χ3n) is 9.81. The lowest BCUT2D eigenvalue weighted by Crippen LogP contribution is -2.15. The third kappa shape index (κ3) is 5.49. The van der Waals surface area contributed by atoms with Gasteiger partial charge in [0.05, 0.1) is 11.0 Å². The van der Waals surface area contributed by atoms with Crippen LogP contribution in [-0.4, -0.2) is 4.57 Å². The smallest absolute Gasteiger partial charge is 0.0538 e. The number of fused-ring (bicyclic) bond motifs is 3. The summed E-state index contributed by atoms with van der Waals surface area (Å²) in [5.74, 6) is 0.443. The maximum Gasteiger partial charge on any atom is 0.0538 e. The summed E-state index contributed by atoms with van der Waals surface area (Å²) in [6.07, 6.45) is 35.1. The lowest BCUT2D eigenvalue weighted by atomic mass is 9.75. The van der Waals surface area contributed by atoms with Crippen LogP contribution in [0.3, 0.4) is 0 Å². The molecule has 0 amide bonds. The lowest BCUT2D eigenvalue weighted by Gasteiger charge is -2.30. The average Bonchev–Trinajstić information content (AvgIpc) is 3.45. The highest BCUT2D eigenvalue weighted by atomic mass is 31.1. The molecule has 4 aliphatic carbocycles. The van der Waals surface area contributed by atoms with Crippen LogP contribution in [0.2, 0.25) is 0 Å². The van der Waals surface area contributed by atoms with E-state index in [1.807, 2.05) is 0 Å². The molecular formula is C43H40NP. The van der Waals surface area contributed by atoms with Crippen LogP contribution in [0.1, 0.15) is 51.4 Å². The predicted octanol–water partition coefficient (Wildman–Crippen LogP) is 11.2. The fourth-order valence-electron chi connectivity index (χ4n) is 7.71. The molecule has 222 valence electrons. The van der Waals surface area contributed by atoms with Gasteiger partial charge in [-0.2, -0.15) is 0 Å². The minimum Gasteiger partial charge on any atom is -0.313 e. The molecule has 0 radical (unpaired) electrons. The molecule has 1 heterocycles. The molecule has 1 atom stereocenters. The Bertz CT molecular complexity index is 1970. The summed E-state index contributed by atoms with van der Waals surface area (Å²) in [6, 6.07) is 27.5. The molecule has 45 heavy (non-hydrogen) atoms. The van der Waals surface area contributed by atoms with Gasteiger partial charge in [0.1, 0.15) is 0 Å². The Morgan fingerprint density at radius 2 is 1.29 bits per heavy atom. The van der Waals surface area contributed by atoms with Gasteiger partial charge in [-0.15, -0.1) is 0 Å². The average molecular weight is 602 g/mol. The van der Waals surface area contributed by atoms with Crippen LogP contribution in [0.25, 0.3) is 27.5 Å². The van der Waals surface area contributed by atoms with Gasteiger partial charge in [0.25, 0.3) is 0 Å². The largest absolute Gasteiger partial charge is 0.313 e. The monoisotopic (exact) mass is 601 g/mol. The van der Waals surface area contributed by atoms with Crippen molar-refractivity contribution in [2.45, 2.75) is 51.4 Å². The van der Waals surface area contributed by atoms with Crippen LogP contribution < -0.4 is 10.6 Å². The van der Waals surface area contributed by atoms with Crippen LogP contribution in [0.5, 0.6) is 0 Å². The molecule has 4 aromatic rings. The number of allylic oxidation sites excluding steroid dienone is 16. The van der Waals surface area contributed by atoms with Crippen LogP contribution >= 0.6 is 7.92 Å². The second kappa shape index (κ2) is 12.7. The van der Waals surface area contributed by atoms with E-state index in [-0.39, 0.29) is 0 Å². The molecule has 4 aliphatic rings. The van der Waals surface area contributed by atoms with E-state index in [1.165, 1.54) is 56.3 Å². The van der Waals surface area contributed by atoms with E-state index >= 15 is 0 Å². The molecule has 1 aromatic heterocycles. The van der Waals surface area contributed by atoms with E-state index in [0.29, 0.717) is 5.92 Å². The van der Waals surface area contributed by atoms with Gasteiger partial charge >= 0.3 is 0 Å². The van der Waals surface area contributed by atoms with Gasteiger partial charge in [0, 0.05) is 22.4 Å². The SMILES string of the molecule is C1=CCCC(C(C2=CC=CCC2)C2=CC=C(n3c4ccccc4c4cc(P(C5=CCCC=C5)c5ccccc5)ccc43)CC2)=C1. The number of rotatable bonds is 7. The van der Waals surface area contributed by atoms with Crippen LogP contribution in [0, 0.1) is 5.92 Å². The Morgan fingerprint density at radius 3 is 1.98 bits per heavy atom. The summed E-state index contributed by atoms with van der Waals surface area (Å²) < 4.78 is 2.55. The summed E-state index contributed by atoms with van der Waals surface area (Å²) in [5, 5.41) is 7.02. The van der Waals surface area contributed by atoms with Crippen molar-refractivity contribution in [1.82, 2.24) is 4.57 Å². The molecule has 8 rings (SSSR count). The Morgan fingerprint density at radius 1 is 0.556 bits per heavy atom. The van der Waals surface area contributed by atoms with Gasteiger partial charge in [-0.1, -0.05) is 132 Å². The van der Waals surface area contributed by atoms with E-state index in [0.717, 1.165) is 38.5 Å². The molecular weight excluding hydrogens is 561 g/mol. The maximum absolute atomic E-state index is 2.55. The first-order valence-electron chi connectivity index (χ1n) is 16.7. The van der Waals surface area contributed by atoms with Crippen molar-refractivity contribution in [2.75, 3.05) is 0 Å². The zero-order chi connectivity index (χ0) is 30.0. The standard InChI is InChI=1S/C43H40NP/c1-5-15-32(16-6-1)43(33-17-7-2-8-18-33)34-25-27-35(28-26-34)44-41-24-14-13-23-39(41)40-31-38(29-30-42(40)44)45(36-19-9-3-10-20-36)37-21-11-4-12-22-37/h1-3,5,7,9-11,13-15,17,19-25,27,29-31,43H,4,6,8,12,16,18,26,28H2. The minimum absolute atomic E-state index is 0.443. The molecule has 1 unspecified atom stereocenters. The van der Waals surface area contributed by atoms with Crippen LogP contribution in [-0.2, 0) is 0 Å².